The second kappa shape index (κ2) is 5.98. The van der Waals surface area contributed by atoms with E-state index in [1.54, 1.807) is 0 Å². The standard InChI is InChI=1S/C14H21N5/c1-3-10-11(7-15)14(19-18-12(10)4-2)17-13(8-16)9-5-6-9/h9,13H,3-6,8,16H2,1-2H3,(H,17,19). The van der Waals surface area contributed by atoms with Crippen LogP contribution in [-0.2, 0) is 12.8 Å². The highest BCUT2D eigenvalue weighted by Gasteiger charge is 2.31. The third-order valence-electron chi connectivity index (χ3n) is 3.72. The molecule has 5 heteroatoms. The first-order valence-electron chi connectivity index (χ1n) is 7.00. The molecule has 1 atom stereocenters. The molecular formula is C14H21N5. The molecule has 1 fully saturated rings. The maximum atomic E-state index is 9.40. The molecule has 3 N–H and O–H groups in total. The molecule has 0 radical (unpaired) electrons. The fraction of sp³-hybridized carbons (Fsp3) is 0.643. The van der Waals surface area contributed by atoms with Gasteiger partial charge in [0.15, 0.2) is 5.82 Å². The summed E-state index contributed by atoms with van der Waals surface area (Å²) in [5, 5.41) is 21.1. The van der Waals surface area contributed by atoms with Crippen LogP contribution >= 0.6 is 0 Å². The van der Waals surface area contributed by atoms with Gasteiger partial charge in [0.25, 0.3) is 0 Å². The molecule has 0 aliphatic heterocycles. The average molecular weight is 259 g/mol. The Hall–Kier alpha value is -1.67. The summed E-state index contributed by atoms with van der Waals surface area (Å²) < 4.78 is 0. The van der Waals surface area contributed by atoms with Crippen LogP contribution in [-0.4, -0.2) is 22.8 Å². The smallest absolute Gasteiger partial charge is 0.167 e. The van der Waals surface area contributed by atoms with Crippen molar-refractivity contribution in [1.29, 1.82) is 5.26 Å². The lowest BCUT2D eigenvalue weighted by Gasteiger charge is -2.18. The summed E-state index contributed by atoms with van der Waals surface area (Å²) >= 11 is 0. The summed E-state index contributed by atoms with van der Waals surface area (Å²) in [6, 6.07) is 2.48. The van der Waals surface area contributed by atoms with E-state index < -0.39 is 0 Å². The first-order valence-corrected chi connectivity index (χ1v) is 7.00. The lowest BCUT2D eigenvalue weighted by Crippen LogP contribution is -2.32. The predicted molar refractivity (Wildman–Crippen MR) is 74.7 cm³/mol. The van der Waals surface area contributed by atoms with Gasteiger partial charge in [-0.25, -0.2) is 0 Å². The zero-order chi connectivity index (χ0) is 13.8. The Morgan fingerprint density at radius 2 is 2.11 bits per heavy atom. The van der Waals surface area contributed by atoms with Gasteiger partial charge in [-0.3, -0.25) is 0 Å². The Morgan fingerprint density at radius 1 is 1.37 bits per heavy atom. The maximum absolute atomic E-state index is 9.40. The highest BCUT2D eigenvalue weighted by Crippen LogP contribution is 2.34. The number of aromatic nitrogens is 2. The van der Waals surface area contributed by atoms with E-state index in [0.29, 0.717) is 23.8 Å². The quantitative estimate of drug-likeness (QED) is 0.810. The number of nitrogens with two attached hydrogens (primary N) is 1. The summed E-state index contributed by atoms with van der Waals surface area (Å²) in [7, 11) is 0. The van der Waals surface area contributed by atoms with E-state index in [1.165, 1.54) is 12.8 Å². The van der Waals surface area contributed by atoms with Gasteiger partial charge >= 0.3 is 0 Å². The molecule has 0 bridgehead atoms. The van der Waals surface area contributed by atoms with E-state index in [9.17, 15) is 5.26 Å². The van der Waals surface area contributed by atoms with Crippen LogP contribution in [0.5, 0.6) is 0 Å². The van der Waals surface area contributed by atoms with E-state index in [2.05, 4.69) is 21.6 Å². The van der Waals surface area contributed by atoms with Crippen molar-refractivity contribution in [3.8, 4) is 6.07 Å². The number of anilines is 1. The van der Waals surface area contributed by atoms with Crippen LogP contribution < -0.4 is 11.1 Å². The van der Waals surface area contributed by atoms with Crippen LogP contribution in [0.3, 0.4) is 0 Å². The molecule has 2 rings (SSSR count). The molecule has 1 aromatic rings. The van der Waals surface area contributed by atoms with Crippen LogP contribution in [0, 0.1) is 17.2 Å². The molecule has 19 heavy (non-hydrogen) atoms. The number of hydrogen-bond acceptors (Lipinski definition) is 5. The van der Waals surface area contributed by atoms with Crippen LogP contribution in [0.25, 0.3) is 0 Å². The van der Waals surface area contributed by atoms with E-state index in [0.717, 1.165) is 24.1 Å². The number of nitrogens with zero attached hydrogens (tertiary/aromatic N) is 3. The molecule has 0 aromatic carbocycles. The molecule has 1 heterocycles. The van der Waals surface area contributed by atoms with Crippen molar-refractivity contribution >= 4 is 5.82 Å². The summed E-state index contributed by atoms with van der Waals surface area (Å²) in [6.07, 6.45) is 4.01. The van der Waals surface area contributed by atoms with Gasteiger partial charge in [0, 0.05) is 12.6 Å². The second-order valence-corrected chi connectivity index (χ2v) is 4.99. The topological polar surface area (TPSA) is 87.6 Å². The first-order chi connectivity index (χ1) is 9.24. The SMILES string of the molecule is CCc1nnc(NC(CN)C2CC2)c(C#N)c1CC. The van der Waals surface area contributed by atoms with Crippen molar-refractivity contribution in [2.24, 2.45) is 11.7 Å². The van der Waals surface area contributed by atoms with Crippen LogP contribution in [0.1, 0.15) is 43.5 Å². The fourth-order valence-electron chi connectivity index (χ4n) is 2.44. The minimum absolute atomic E-state index is 0.207. The fourth-order valence-corrected chi connectivity index (χ4v) is 2.44. The van der Waals surface area contributed by atoms with Crippen LogP contribution in [0.2, 0.25) is 0 Å². The van der Waals surface area contributed by atoms with Crippen LogP contribution in [0.4, 0.5) is 5.82 Å². The largest absolute Gasteiger partial charge is 0.363 e. The van der Waals surface area contributed by atoms with Gasteiger partial charge in [0.05, 0.1) is 5.69 Å². The monoisotopic (exact) mass is 259 g/mol. The molecule has 1 aliphatic carbocycles. The molecule has 1 aromatic heterocycles. The first kappa shape index (κ1) is 13.8. The van der Waals surface area contributed by atoms with Gasteiger partial charge in [-0.05, 0) is 37.2 Å². The van der Waals surface area contributed by atoms with Crippen molar-refractivity contribution in [1.82, 2.24) is 10.2 Å². The minimum atomic E-state index is 0.207. The Bertz CT molecular complexity index is 487. The van der Waals surface area contributed by atoms with Crippen molar-refractivity contribution in [2.75, 3.05) is 11.9 Å². The maximum Gasteiger partial charge on any atom is 0.167 e. The molecule has 102 valence electrons. The zero-order valence-corrected chi connectivity index (χ0v) is 11.6. The van der Waals surface area contributed by atoms with Gasteiger partial charge in [0.1, 0.15) is 11.6 Å². The van der Waals surface area contributed by atoms with Crippen molar-refractivity contribution in [3.05, 3.63) is 16.8 Å². The van der Waals surface area contributed by atoms with Gasteiger partial charge < -0.3 is 11.1 Å². The Labute approximate surface area is 114 Å². The summed E-state index contributed by atoms with van der Waals surface area (Å²) in [6.45, 7) is 4.64. The average Bonchev–Trinajstić information content (AvgIpc) is 3.28. The number of rotatable bonds is 6. The molecule has 0 amide bonds. The third kappa shape index (κ3) is 2.85. The molecule has 1 aliphatic rings. The Balaban J connectivity index is 2.32. The van der Waals surface area contributed by atoms with Gasteiger partial charge in [0.2, 0.25) is 0 Å². The lowest BCUT2D eigenvalue weighted by atomic mass is 10.0. The highest BCUT2D eigenvalue weighted by molar-refractivity contribution is 5.57. The highest BCUT2D eigenvalue weighted by atomic mass is 15.2. The normalized spacial score (nSPS) is 15.9. The molecular weight excluding hydrogens is 238 g/mol. The molecule has 5 nitrogen and oxygen atoms in total. The second-order valence-electron chi connectivity index (χ2n) is 4.99. The third-order valence-corrected chi connectivity index (χ3v) is 3.72. The van der Waals surface area contributed by atoms with E-state index >= 15 is 0 Å². The summed E-state index contributed by atoms with van der Waals surface area (Å²) in [5.41, 5.74) is 8.34. The Morgan fingerprint density at radius 3 is 2.58 bits per heavy atom. The summed E-state index contributed by atoms with van der Waals surface area (Å²) in [4.78, 5) is 0. The molecule has 1 saturated carbocycles. The predicted octanol–water partition coefficient (Wildman–Crippen LogP) is 1.62. The molecule has 0 spiro atoms. The van der Waals surface area contributed by atoms with E-state index in [1.807, 2.05) is 13.8 Å². The number of nitriles is 1. The number of aryl methyl sites for hydroxylation is 1. The Kier molecular flexibility index (Phi) is 4.33. The summed E-state index contributed by atoms with van der Waals surface area (Å²) in [5.74, 6) is 1.22. The number of hydrogen-bond donors (Lipinski definition) is 2. The van der Waals surface area contributed by atoms with Crippen LogP contribution in [0.15, 0.2) is 0 Å². The van der Waals surface area contributed by atoms with E-state index in [4.69, 9.17) is 5.73 Å². The van der Waals surface area contributed by atoms with E-state index in [-0.39, 0.29) is 6.04 Å². The van der Waals surface area contributed by atoms with Gasteiger partial charge in [-0.1, -0.05) is 13.8 Å². The number of nitrogens with one attached hydrogen (secondary N) is 1. The minimum Gasteiger partial charge on any atom is -0.363 e. The van der Waals surface area contributed by atoms with Crippen molar-refractivity contribution < 1.29 is 0 Å². The molecule has 1 unspecified atom stereocenters. The van der Waals surface area contributed by atoms with Crippen molar-refractivity contribution in [2.45, 2.75) is 45.6 Å². The van der Waals surface area contributed by atoms with Crippen molar-refractivity contribution in [3.63, 3.8) is 0 Å². The molecule has 0 saturated heterocycles. The lowest BCUT2D eigenvalue weighted by molar-refractivity contribution is 0.639. The zero-order valence-electron chi connectivity index (χ0n) is 11.6. The van der Waals surface area contributed by atoms with Gasteiger partial charge in [-0.15, -0.1) is 5.10 Å². The van der Waals surface area contributed by atoms with Gasteiger partial charge in [-0.2, -0.15) is 10.4 Å².